The maximum Gasteiger partial charge on any atom is 0.336 e. The number of aromatic carboxylic acids is 1. The van der Waals surface area contributed by atoms with Gasteiger partial charge in [-0.25, -0.2) is 17.9 Å². The number of benzene rings is 1. The normalized spacial score (nSPS) is 11.4. The molecule has 8 nitrogen and oxygen atoms in total. The maximum atomic E-state index is 12.3. The van der Waals surface area contributed by atoms with Crippen LogP contribution in [0.5, 0.6) is 0 Å². The number of halogens is 1. The first-order valence-corrected chi connectivity index (χ1v) is 7.43. The van der Waals surface area contributed by atoms with Crippen LogP contribution in [0.1, 0.15) is 21.7 Å². The molecule has 21 heavy (non-hydrogen) atoms. The number of aryl methyl sites for hydroxylation is 1. The van der Waals surface area contributed by atoms with E-state index in [1.165, 1.54) is 19.9 Å². The first-order chi connectivity index (χ1) is 9.70. The van der Waals surface area contributed by atoms with E-state index in [0.29, 0.717) is 0 Å². The molecular formula is C11H10ClN3O5S. The molecule has 0 spiro atoms. The van der Waals surface area contributed by atoms with Crippen LogP contribution < -0.4 is 4.72 Å². The van der Waals surface area contributed by atoms with E-state index in [1.807, 2.05) is 0 Å². The third-order valence-electron chi connectivity index (χ3n) is 2.59. The highest BCUT2D eigenvalue weighted by Crippen LogP contribution is 2.26. The molecule has 0 aliphatic heterocycles. The van der Waals surface area contributed by atoms with Crippen molar-refractivity contribution in [2.24, 2.45) is 0 Å². The number of carboxylic acid groups (broad SMARTS) is 1. The van der Waals surface area contributed by atoms with Crippen molar-refractivity contribution in [3.8, 4) is 0 Å². The second kappa shape index (κ2) is 5.34. The molecule has 112 valence electrons. The van der Waals surface area contributed by atoms with Crippen LogP contribution in [0.4, 0.5) is 6.01 Å². The van der Waals surface area contributed by atoms with Crippen molar-refractivity contribution >= 4 is 33.6 Å². The third kappa shape index (κ3) is 3.14. The number of carbonyl (C=O) groups is 1. The summed E-state index contributed by atoms with van der Waals surface area (Å²) < 4.78 is 31.3. The van der Waals surface area contributed by atoms with Crippen LogP contribution in [0.2, 0.25) is 5.02 Å². The zero-order valence-corrected chi connectivity index (χ0v) is 12.5. The van der Waals surface area contributed by atoms with Gasteiger partial charge in [-0.2, -0.15) is 4.98 Å². The zero-order chi connectivity index (χ0) is 15.8. The Morgan fingerprint density at radius 2 is 2.05 bits per heavy atom. The molecule has 0 aliphatic rings. The third-order valence-corrected chi connectivity index (χ3v) is 4.26. The fourth-order valence-corrected chi connectivity index (χ4v) is 3.16. The Balaban J connectivity index is 2.52. The molecule has 0 amide bonds. The van der Waals surface area contributed by atoms with Gasteiger partial charge in [0.1, 0.15) is 0 Å². The van der Waals surface area contributed by atoms with Crippen molar-refractivity contribution in [2.75, 3.05) is 4.72 Å². The largest absolute Gasteiger partial charge is 0.478 e. The Kier molecular flexibility index (Phi) is 3.88. The minimum Gasteiger partial charge on any atom is -0.478 e. The summed E-state index contributed by atoms with van der Waals surface area (Å²) in [4.78, 5) is 14.5. The zero-order valence-electron chi connectivity index (χ0n) is 10.9. The second-order valence-corrected chi connectivity index (χ2v) is 6.22. The fraction of sp³-hybridized carbons (Fsp3) is 0.182. The lowest BCUT2D eigenvalue weighted by Gasteiger charge is -2.10. The molecule has 10 heteroatoms. The Morgan fingerprint density at radius 3 is 2.57 bits per heavy atom. The number of nitrogens with zero attached hydrogens (tertiary/aromatic N) is 2. The average Bonchev–Trinajstić information content (AvgIpc) is 2.76. The summed E-state index contributed by atoms with van der Waals surface area (Å²) in [7, 11) is -4.10. The summed E-state index contributed by atoms with van der Waals surface area (Å²) in [6, 6.07) is 2.01. The van der Waals surface area contributed by atoms with Crippen LogP contribution >= 0.6 is 11.6 Å². The van der Waals surface area contributed by atoms with Gasteiger partial charge in [-0.3, -0.25) is 0 Å². The first-order valence-electron chi connectivity index (χ1n) is 5.57. The van der Waals surface area contributed by atoms with Crippen molar-refractivity contribution in [2.45, 2.75) is 18.7 Å². The van der Waals surface area contributed by atoms with Gasteiger partial charge in [-0.05, 0) is 31.5 Å². The molecule has 0 fully saturated rings. The molecule has 2 aromatic rings. The van der Waals surface area contributed by atoms with Crippen LogP contribution in [0.3, 0.4) is 0 Å². The minimum absolute atomic E-state index is 0.0138. The van der Waals surface area contributed by atoms with E-state index in [4.69, 9.17) is 16.7 Å². The predicted octanol–water partition coefficient (Wildman–Crippen LogP) is 1.84. The van der Waals surface area contributed by atoms with E-state index in [2.05, 4.69) is 19.4 Å². The van der Waals surface area contributed by atoms with E-state index < -0.39 is 16.0 Å². The lowest BCUT2D eigenvalue weighted by molar-refractivity contribution is 0.0696. The lowest BCUT2D eigenvalue weighted by atomic mass is 10.1. The van der Waals surface area contributed by atoms with Crippen molar-refractivity contribution in [1.82, 2.24) is 10.1 Å². The van der Waals surface area contributed by atoms with Crippen molar-refractivity contribution < 1.29 is 22.8 Å². The molecule has 0 aliphatic carbocycles. The van der Waals surface area contributed by atoms with Crippen LogP contribution in [-0.2, 0) is 10.0 Å². The monoisotopic (exact) mass is 331 g/mol. The molecule has 0 bridgehead atoms. The van der Waals surface area contributed by atoms with Crippen molar-refractivity contribution in [3.05, 3.63) is 34.1 Å². The molecule has 0 atom stereocenters. The number of sulfonamides is 1. The topological polar surface area (TPSA) is 122 Å². The Labute approximate surface area is 124 Å². The van der Waals surface area contributed by atoms with Crippen LogP contribution in [0.25, 0.3) is 0 Å². The molecule has 0 saturated carbocycles. The van der Waals surface area contributed by atoms with Crippen LogP contribution in [-0.4, -0.2) is 29.6 Å². The minimum atomic E-state index is -4.10. The van der Waals surface area contributed by atoms with Gasteiger partial charge in [0.15, 0.2) is 5.82 Å². The average molecular weight is 332 g/mol. The summed E-state index contributed by atoms with van der Waals surface area (Å²) in [5.74, 6) is -1.03. The Morgan fingerprint density at radius 1 is 1.38 bits per heavy atom. The van der Waals surface area contributed by atoms with Crippen LogP contribution in [0, 0.1) is 13.8 Å². The lowest BCUT2D eigenvalue weighted by Crippen LogP contribution is -2.16. The molecule has 0 unspecified atom stereocenters. The van der Waals surface area contributed by atoms with Gasteiger partial charge in [0.2, 0.25) is 0 Å². The van der Waals surface area contributed by atoms with Gasteiger partial charge in [-0.15, -0.1) is 0 Å². The molecule has 0 saturated heterocycles. The number of aromatic nitrogens is 2. The Bertz CT molecular complexity index is 815. The molecule has 0 radical (unpaired) electrons. The number of rotatable bonds is 4. The molecular weight excluding hydrogens is 322 g/mol. The summed E-state index contributed by atoms with van der Waals surface area (Å²) >= 11 is 5.77. The van der Waals surface area contributed by atoms with E-state index in [1.54, 1.807) is 0 Å². The number of hydrogen-bond donors (Lipinski definition) is 2. The van der Waals surface area contributed by atoms with E-state index in [9.17, 15) is 13.2 Å². The summed E-state index contributed by atoms with van der Waals surface area (Å²) in [5.41, 5.74) is -0.153. The summed E-state index contributed by atoms with van der Waals surface area (Å²) in [5, 5.41) is 12.5. The molecule has 1 heterocycles. The maximum absolute atomic E-state index is 12.3. The number of nitrogens with one attached hydrogen (secondary N) is 1. The number of hydrogen-bond acceptors (Lipinski definition) is 6. The summed E-state index contributed by atoms with van der Waals surface area (Å²) in [6.45, 7) is 2.89. The van der Waals surface area contributed by atoms with Crippen molar-refractivity contribution in [1.29, 1.82) is 0 Å². The quantitative estimate of drug-likeness (QED) is 0.876. The van der Waals surface area contributed by atoms with E-state index in [-0.39, 0.29) is 32.9 Å². The Hall–Kier alpha value is -2.13. The van der Waals surface area contributed by atoms with Crippen molar-refractivity contribution in [3.63, 3.8) is 0 Å². The molecule has 2 rings (SSSR count). The molecule has 1 aromatic carbocycles. The van der Waals surface area contributed by atoms with Gasteiger partial charge in [0.05, 0.1) is 10.5 Å². The fourth-order valence-electron chi connectivity index (χ4n) is 1.66. The molecule has 2 N–H and O–H groups in total. The van der Waals surface area contributed by atoms with E-state index in [0.717, 1.165) is 6.07 Å². The van der Waals surface area contributed by atoms with Gasteiger partial charge in [0.25, 0.3) is 10.0 Å². The molecule has 1 aromatic heterocycles. The number of carboxylic acids is 1. The highest BCUT2D eigenvalue weighted by atomic mass is 35.5. The highest BCUT2D eigenvalue weighted by Gasteiger charge is 2.24. The van der Waals surface area contributed by atoms with Gasteiger partial charge in [0, 0.05) is 5.02 Å². The smallest absolute Gasteiger partial charge is 0.336 e. The second-order valence-electron chi connectivity index (χ2n) is 4.13. The predicted molar refractivity (Wildman–Crippen MR) is 73.0 cm³/mol. The first kappa shape index (κ1) is 15.3. The van der Waals surface area contributed by atoms with Gasteiger partial charge >= 0.3 is 12.0 Å². The number of anilines is 1. The van der Waals surface area contributed by atoms with Crippen LogP contribution in [0.15, 0.2) is 21.6 Å². The SMILES string of the molecule is Cc1noc(NS(=O)(=O)c2cc(Cl)cc(C(=O)O)c2C)n1. The van der Waals surface area contributed by atoms with Gasteiger partial charge < -0.3 is 9.63 Å². The standard InChI is InChI=1S/C11H10ClN3O5S/c1-5-8(10(16)17)3-7(12)4-9(5)21(18,19)15-11-13-6(2)14-20-11/h3-4H,1-2H3,(H,16,17)(H,13,14,15). The van der Waals surface area contributed by atoms with Gasteiger partial charge in [-0.1, -0.05) is 16.8 Å². The van der Waals surface area contributed by atoms with E-state index >= 15 is 0 Å². The summed E-state index contributed by atoms with van der Waals surface area (Å²) in [6.07, 6.45) is 0. The highest BCUT2D eigenvalue weighted by molar-refractivity contribution is 7.92.